The number of pyridine rings is 1. The highest BCUT2D eigenvalue weighted by atomic mass is 16.2. The lowest BCUT2D eigenvalue weighted by atomic mass is 9.99. The molecule has 0 saturated carbocycles. The van der Waals surface area contributed by atoms with E-state index in [9.17, 15) is 10.1 Å². The third kappa shape index (κ3) is 4.32. The zero-order chi connectivity index (χ0) is 21.1. The average Bonchev–Trinajstić information content (AvgIpc) is 3.25. The number of hydrogen-bond acceptors (Lipinski definition) is 3. The number of nitrogens with zero attached hydrogens (tertiary/aromatic N) is 3. The molecule has 1 aromatic rings. The summed E-state index contributed by atoms with van der Waals surface area (Å²) in [5.41, 5.74) is 4.90. The molecule has 3 heterocycles. The molecular weight excluding hydrogens is 374 g/mol. The maximum Gasteiger partial charge on any atom is 0.293 e. The number of carbonyl (C=O) groups excluding carboxylic acids is 1. The first-order valence-electron chi connectivity index (χ1n) is 12.0. The van der Waals surface area contributed by atoms with E-state index in [1.807, 2.05) is 0 Å². The van der Waals surface area contributed by atoms with Crippen LogP contribution in [0.5, 0.6) is 0 Å². The SMILES string of the molecule is CCCc1[nH+]c(N2CC[NH+](CC(=O)N3CCC(C)CC3)CC2)c(C#N)c2c1CCC2. The molecule has 6 heteroatoms. The summed E-state index contributed by atoms with van der Waals surface area (Å²) >= 11 is 0. The Balaban J connectivity index is 1.41. The van der Waals surface area contributed by atoms with Gasteiger partial charge in [0.05, 0.1) is 0 Å². The lowest BCUT2D eigenvalue weighted by Gasteiger charge is -2.33. The first-order chi connectivity index (χ1) is 14.6. The number of nitrogens with one attached hydrogen (secondary N) is 2. The smallest absolute Gasteiger partial charge is 0.293 e. The number of quaternary nitrogens is 1. The van der Waals surface area contributed by atoms with Gasteiger partial charge in [-0.2, -0.15) is 5.26 Å². The quantitative estimate of drug-likeness (QED) is 0.779. The second kappa shape index (κ2) is 9.34. The fourth-order valence-corrected chi connectivity index (χ4v) is 5.40. The van der Waals surface area contributed by atoms with Crippen molar-refractivity contribution in [2.75, 3.05) is 50.7 Å². The topological polar surface area (TPSA) is 65.9 Å². The van der Waals surface area contributed by atoms with Crippen molar-refractivity contribution in [2.24, 2.45) is 5.92 Å². The van der Waals surface area contributed by atoms with Gasteiger partial charge in [-0.25, -0.2) is 9.88 Å². The standard InChI is InChI=1S/C24H35N5O/c1-3-5-22-20-7-4-6-19(20)21(16-25)24(26-22)29-14-12-27(13-15-29)17-23(30)28-10-8-18(2)9-11-28/h18H,3-15,17H2,1-2H3/p+2. The number of amides is 1. The van der Waals surface area contributed by atoms with Crippen molar-refractivity contribution < 1.29 is 14.7 Å². The molecule has 0 aromatic carbocycles. The number of anilines is 1. The lowest BCUT2D eigenvalue weighted by molar-refractivity contribution is -0.892. The molecule has 30 heavy (non-hydrogen) atoms. The van der Waals surface area contributed by atoms with Crippen LogP contribution in [0.4, 0.5) is 5.82 Å². The number of fused-ring (bicyclic) bond motifs is 1. The number of carbonyl (C=O) groups is 1. The molecule has 162 valence electrons. The number of hydrogen-bond donors (Lipinski definition) is 1. The summed E-state index contributed by atoms with van der Waals surface area (Å²) in [6, 6.07) is 2.51. The van der Waals surface area contributed by atoms with Crippen molar-refractivity contribution in [3.63, 3.8) is 0 Å². The van der Waals surface area contributed by atoms with E-state index < -0.39 is 0 Å². The number of aryl methyl sites for hydroxylation is 1. The number of piperazine rings is 1. The maximum atomic E-state index is 12.7. The van der Waals surface area contributed by atoms with Gasteiger partial charge < -0.3 is 9.80 Å². The van der Waals surface area contributed by atoms with Gasteiger partial charge in [0.15, 0.2) is 6.54 Å². The number of aromatic nitrogens is 1. The van der Waals surface area contributed by atoms with E-state index in [1.54, 1.807) is 0 Å². The maximum absolute atomic E-state index is 12.7. The van der Waals surface area contributed by atoms with E-state index >= 15 is 0 Å². The van der Waals surface area contributed by atoms with Crippen LogP contribution in [0.25, 0.3) is 0 Å². The highest BCUT2D eigenvalue weighted by Gasteiger charge is 2.34. The molecule has 1 aliphatic carbocycles. The molecule has 1 amide bonds. The summed E-state index contributed by atoms with van der Waals surface area (Å²) in [5.74, 6) is 2.09. The highest BCUT2D eigenvalue weighted by Crippen LogP contribution is 2.31. The molecule has 4 rings (SSSR count). The Labute approximate surface area is 180 Å². The van der Waals surface area contributed by atoms with Crippen LogP contribution in [0.1, 0.15) is 61.9 Å². The van der Waals surface area contributed by atoms with Crippen molar-refractivity contribution in [3.8, 4) is 6.07 Å². The van der Waals surface area contributed by atoms with Gasteiger partial charge in [0, 0.05) is 19.5 Å². The number of likely N-dealkylation sites (tertiary alicyclic amines) is 1. The normalized spacial score (nSPS) is 20.3. The first kappa shape index (κ1) is 21.1. The molecule has 6 nitrogen and oxygen atoms in total. The number of piperidine rings is 1. The van der Waals surface area contributed by atoms with Gasteiger partial charge in [-0.1, -0.05) is 13.8 Å². The molecule has 3 aliphatic rings. The zero-order valence-corrected chi connectivity index (χ0v) is 18.7. The molecule has 0 radical (unpaired) electrons. The van der Waals surface area contributed by atoms with E-state index in [1.165, 1.54) is 21.7 Å². The molecule has 2 aliphatic heterocycles. The number of nitriles is 1. The third-order valence-electron chi connectivity index (χ3n) is 7.33. The van der Waals surface area contributed by atoms with Crippen LogP contribution in [-0.2, 0) is 24.1 Å². The Morgan fingerprint density at radius 2 is 1.87 bits per heavy atom. The van der Waals surface area contributed by atoms with Crippen LogP contribution >= 0.6 is 0 Å². The molecule has 2 N–H and O–H groups in total. The minimum atomic E-state index is 0.317. The molecule has 0 unspecified atom stereocenters. The van der Waals surface area contributed by atoms with Crippen LogP contribution in [0.15, 0.2) is 0 Å². The summed E-state index contributed by atoms with van der Waals surface area (Å²) in [7, 11) is 0. The zero-order valence-electron chi connectivity index (χ0n) is 18.7. The summed E-state index contributed by atoms with van der Waals surface area (Å²) < 4.78 is 0. The Morgan fingerprint density at radius 3 is 2.53 bits per heavy atom. The fourth-order valence-electron chi connectivity index (χ4n) is 5.40. The first-order valence-corrected chi connectivity index (χ1v) is 12.0. The monoisotopic (exact) mass is 411 g/mol. The van der Waals surface area contributed by atoms with Gasteiger partial charge in [0.25, 0.3) is 11.7 Å². The fraction of sp³-hybridized carbons (Fsp3) is 0.708. The van der Waals surface area contributed by atoms with Crippen LogP contribution in [0, 0.1) is 17.2 Å². The molecule has 2 fully saturated rings. The molecular formula is C24H37N5O+2. The highest BCUT2D eigenvalue weighted by molar-refractivity contribution is 5.77. The largest absolute Gasteiger partial charge is 0.338 e. The van der Waals surface area contributed by atoms with Gasteiger partial charge in [0.2, 0.25) is 0 Å². The van der Waals surface area contributed by atoms with Crippen molar-refractivity contribution in [3.05, 3.63) is 22.4 Å². The van der Waals surface area contributed by atoms with Crippen molar-refractivity contribution >= 4 is 11.7 Å². The van der Waals surface area contributed by atoms with E-state index in [0.29, 0.717) is 12.5 Å². The summed E-state index contributed by atoms with van der Waals surface area (Å²) in [6.45, 7) is 10.7. The van der Waals surface area contributed by atoms with Gasteiger partial charge in [-0.3, -0.25) is 4.79 Å². The number of aromatic amines is 1. The van der Waals surface area contributed by atoms with Crippen LogP contribution in [-0.4, -0.2) is 56.6 Å². The Kier molecular flexibility index (Phi) is 6.58. The Morgan fingerprint density at radius 1 is 1.17 bits per heavy atom. The summed E-state index contributed by atoms with van der Waals surface area (Å²) in [6.07, 6.45) is 7.74. The Bertz CT molecular complexity index is 814. The van der Waals surface area contributed by atoms with Crippen LogP contribution in [0.2, 0.25) is 0 Å². The van der Waals surface area contributed by atoms with Crippen molar-refractivity contribution in [2.45, 2.75) is 58.8 Å². The molecule has 0 atom stereocenters. The van der Waals surface area contributed by atoms with Crippen LogP contribution < -0.4 is 14.8 Å². The van der Waals surface area contributed by atoms with Gasteiger partial charge in [0.1, 0.15) is 43.5 Å². The minimum Gasteiger partial charge on any atom is -0.338 e. The van der Waals surface area contributed by atoms with E-state index in [2.05, 4.69) is 34.7 Å². The molecule has 2 saturated heterocycles. The number of rotatable bonds is 5. The van der Waals surface area contributed by atoms with Gasteiger partial charge in [-0.15, -0.1) is 0 Å². The minimum absolute atomic E-state index is 0.317. The Hall–Kier alpha value is -2.13. The van der Waals surface area contributed by atoms with Gasteiger partial charge in [-0.05, 0) is 55.6 Å². The van der Waals surface area contributed by atoms with Crippen molar-refractivity contribution in [1.29, 1.82) is 5.26 Å². The number of H-pyrrole nitrogens is 1. The molecule has 0 spiro atoms. The van der Waals surface area contributed by atoms with Crippen LogP contribution in [0.3, 0.4) is 0 Å². The second-order valence-corrected chi connectivity index (χ2v) is 9.48. The summed E-state index contributed by atoms with van der Waals surface area (Å²) in [4.78, 5) is 22.2. The van der Waals surface area contributed by atoms with E-state index in [4.69, 9.17) is 0 Å². The lowest BCUT2D eigenvalue weighted by Crippen LogP contribution is -3.16. The molecule has 0 bridgehead atoms. The van der Waals surface area contributed by atoms with E-state index in [0.717, 1.165) is 102 Å². The predicted octanol–water partition coefficient (Wildman–Crippen LogP) is 0.777. The second-order valence-electron chi connectivity index (χ2n) is 9.48. The van der Waals surface area contributed by atoms with Crippen molar-refractivity contribution in [1.82, 2.24) is 4.90 Å². The predicted molar refractivity (Wildman–Crippen MR) is 116 cm³/mol. The third-order valence-corrected chi connectivity index (χ3v) is 7.33. The van der Waals surface area contributed by atoms with Gasteiger partial charge >= 0.3 is 0 Å². The molecule has 1 aromatic heterocycles. The van der Waals surface area contributed by atoms with E-state index in [-0.39, 0.29) is 0 Å². The average molecular weight is 412 g/mol. The summed E-state index contributed by atoms with van der Waals surface area (Å²) in [5, 5.41) is 9.92.